The molecule has 27 heavy (non-hydrogen) atoms. The number of carbonyl (C=O) groups is 1. The zero-order valence-electron chi connectivity index (χ0n) is 16.4. The Morgan fingerprint density at radius 3 is 2.74 bits per heavy atom. The number of rotatable bonds is 5. The van der Waals surface area contributed by atoms with E-state index < -0.39 is 0 Å². The first-order valence-corrected chi connectivity index (χ1v) is 11.1. The van der Waals surface area contributed by atoms with E-state index >= 15 is 0 Å². The number of aromatic nitrogens is 5. The number of amides is 1. The van der Waals surface area contributed by atoms with Gasteiger partial charge in [-0.1, -0.05) is 24.6 Å². The Morgan fingerprint density at radius 1 is 1.26 bits per heavy atom. The largest absolute Gasteiger partial charge is 0.338 e. The van der Waals surface area contributed by atoms with Gasteiger partial charge in [-0.05, 0) is 31.9 Å². The van der Waals surface area contributed by atoms with Crippen molar-refractivity contribution in [2.75, 3.05) is 12.8 Å². The van der Waals surface area contributed by atoms with E-state index in [9.17, 15) is 4.79 Å². The normalized spacial score (nSPS) is 17.5. The summed E-state index contributed by atoms with van der Waals surface area (Å²) in [7, 11) is 1.99. The molecule has 7 nitrogen and oxygen atoms in total. The minimum Gasteiger partial charge on any atom is -0.338 e. The standard InChI is InChI=1S/C19H28N6OS/c1-4-25-18(20-21-19(25)27-3)17-14-12-24(10-9-15(14)23(2)22-17)16(26)11-13-7-5-6-8-13/h13H,4-12H2,1-3H3. The van der Waals surface area contributed by atoms with Crippen molar-refractivity contribution in [3.8, 4) is 11.5 Å². The molecule has 0 radical (unpaired) electrons. The zero-order valence-corrected chi connectivity index (χ0v) is 17.3. The number of carbonyl (C=O) groups excluding carboxylic acids is 1. The fraction of sp³-hybridized carbons (Fsp3) is 0.684. The molecule has 0 spiro atoms. The number of thioether (sulfide) groups is 1. The molecule has 2 aromatic heterocycles. The highest BCUT2D eigenvalue weighted by Gasteiger charge is 2.30. The van der Waals surface area contributed by atoms with Gasteiger partial charge in [0, 0.05) is 50.8 Å². The molecule has 0 unspecified atom stereocenters. The summed E-state index contributed by atoms with van der Waals surface area (Å²) < 4.78 is 4.06. The second kappa shape index (κ2) is 7.66. The topological polar surface area (TPSA) is 68.8 Å². The van der Waals surface area contributed by atoms with Gasteiger partial charge < -0.3 is 9.47 Å². The Hall–Kier alpha value is -1.83. The van der Waals surface area contributed by atoms with Crippen LogP contribution in [0.2, 0.25) is 0 Å². The van der Waals surface area contributed by atoms with Gasteiger partial charge in [0.15, 0.2) is 11.0 Å². The van der Waals surface area contributed by atoms with E-state index in [0.29, 0.717) is 24.8 Å². The minimum absolute atomic E-state index is 0.295. The lowest BCUT2D eigenvalue weighted by atomic mass is 10.0. The van der Waals surface area contributed by atoms with E-state index in [-0.39, 0.29) is 0 Å². The van der Waals surface area contributed by atoms with E-state index in [1.165, 1.54) is 31.4 Å². The van der Waals surface area contributed by atoms with Crippen molar-refractivity contribution in [1.29, 1.82) is 0 Å². The van der Waals surface area contributed by atoms with Gasteiger partial charge in [0.1, 0.15) is 5.69 Å². The van der Waals surface area contributed by atoms with E-state index in [1.54, 1.807) is 11.8 Å². The molecule has 1 saturated carbocycles. The molecule has 2 aromatic rings. The number of aryl methyl sites for hydroxylation is 1. The maximum Gasteiger partial charge on any atom is 0.223 e. The van der Waals surface area contributed by atoms with Gasteiger partial charge in [-0.2, -0.15) is 5.10 Å². The fourth-order valence-corrected chi connectivity index (χ4v) is 5.03. The second-order valence-corrected chi connectivity index (χ2v) is 8.35. The third-order valence-electron chi connectivity index (χ3n) is 5.96. The van der Waals surface area contributed by atoms with Crippen LogP contribution < -0.4 is 0 Å². The van der Waals surface area contributed by atoms with Crippen LogP contribution in [0, 0.1) is 5.92 Å². The van der Waals surface area contributed by atoms with Crippen molar-refractivity contribution in [1.82, 2.24) is 29.4 Å². The molecule has 1 aliphatic heterocycles. The van der Waals surface area contributed by atoms with Crippen LogP contribution in [0.4, 0.5) is 0 Å². The summed E-state index contributed by atoms with van der Waals surface area (Å²) in [5, 5.41) is 14.4. The van der Waals surface area contributed by atoms with Crippen molar-refractivity contribution in [3.63, 3.8) is 0 Å². The van der Waals surface area contributed by atoms with E-state index in [1.807, 2.05) is 22.9 Å². The Bertz CT molecular complexity index is 836. The van der Waals surface area contributed by atoms with Crippen molar-refractivity contribution in [3.05, 3.63) is 11.3 Å². The first kappa shape index (κ1) is 18.5. The summed E-state index contributed by atoms with van der Waals surface area (Å²) in [5.74, 6) is 1.69. The Labute approximate surface area is 164 Å². The molecule has 1 fully saturated rings. The monoisotopic (exact) mass is 388 g/mol. The van der Waals surface area contributed by atoms with E-state index in [4.69, 9.17) is 5.10 Å². The molecule has 146 valence electrons. The molecule has 0 saturated heterocycles. The first-order valence-electron chi connectivity index (χ1n) is 9.92. The van der Waals surface area contributed by atoms with Gasteiger partial charge in [-0.15, -0.1) is 10.2 Å². The molecule has 3 heterocycles. The van der Waals surface area contributed by atoms with Crippen LogP contribution in [0.15, 0.2) is 5.16 Å². The van der Waals surface area contributed by atoms with Gasteiger partial charge in [0.25, 0.3) is 0 Å². The molecule has 0 N–H and O–H groups in total. The summed E-state index contributed by atoms with van der Waals surface area (Å²) in [4.78, 5) is 14.9. The van der Waals surface area contributed by atoms with Gasteiger partial charge in [0.2, 0.25) is 5.91 Å². The van der Waals surface area contributed by atoms with Crippen molar-refractivity contribution < 1.29 is 4.79 Å². The molecule has 0 aromatic carbocycles. The molecule has 2 aliphatic rings. The molecule has 4 rings (SSSR count). The van der Waals surface area contributed by atoms with E-state index in [2.05, 4.69) is 21.7 Å². The van der Waals surface area contributed by atoms with Crippen LogP contribution in [-0.4, -0.2) is 48.2 Å². The second-order valence-electron chi connectivity index (χ2n) is 7.57. The van der Waals surface area contributed by atoms with E-state index in [0.717, 1.165) is 41.7 Å². The highest BCUT2D eigenvalue weighted by molar-refractivity contribution is 7.98. The summed E-state index contributed by atoms with van der Waals surface area (Å²) in [6.07, 6.45) is 8.54. The van der Waals surface area contributed by atoms with Gasteiger partial charge in [-0.3, -0.25) is 9.48 Å². The third-order valence-corrected chi connectivity index (χ3v) is 6.63. The summed E-state index contributed by atoms with van der Waals surface area (Å²) in [5.41, 5.74) is 3.23. The highest BCUT2D eigenvalue weighted by Crippen LogP contribution is 2.32. The number of hydrogen-bond donors (Lipinski definition) is 0. The van der Waals surface area contributed by atoms with Crippen LogP contribution in [0.1, 0.15) is 50.3 Å². The Balaban J connectivity index is 1.61. The average Bonchev–Trinajstić information content (AvgIpc) is 3.40. The predicted molar refractivity (Wildman–Crippen MR) is 105 cm³/mol. The number of nitrogens with zero attached hydrogens (tertiary/aromatic N) is 6. The van der Waals surface area contributed by atoms with Gasteiger partial charge in [-0.25, -0.2) is 0 Å². The molecular formula is C19H28N6OS. The predicted octanol–water partition coefficient (Wildman–Crippen LogP) is 2.89. The lowest BCUT2D eigenvalue weighted by Gasteiger charge is -2.28. The minimum atomic E-state index is 0.295. The molecule has 0 bridgehead atoms. The van der Waals surface area contributed by atoms with Crippen LogP contribution >= 0.6 is 11.8 Å². The zero-order chi connectivity index (χ0) is 19.0. The average molecular weight is 389 g/mol. The Morgan fingerprint density at radius 2 is 2.04 bits per heavy atom. The molecular weight excluding hydrogens is 360 g/mol. The van der Waals surface area contributed by atoms with Crippen molar-refractivity contribution in [2.45, 2.75) is 63.7 Å². The molecule has 0 atom stereocenters. The van der Waals surface area contributed by atoms with Crippen LogP contribution in [0.25, 0.3) is 11.5 Å². The third kappa shape index (κ3) is 3.39. The number of fused-ring (bicyclic) bond motifs is 1. The van der Waals surface area contributed by atoms with Crippen LogP contribution in [-0.2, 0) is 31.4 Å². The molecule has 1 aliphatic carbocycles. The number of hydrogen-bond acceptors (Lipinski definition) is 5. The lowest BCUT2D eigenvalue weighted by molar-refractivity contribution is -0.133. The molecule has 1 amide bonds. The van der Waals surface area contributed by atoms with Crippen molar-refractivity contribution in [2.24, 2.45) is 13.0 Å². The fourth-order valence-electron chi connectivity index (χ4n) is 4.48. The van der Waals surface area contributed by atoms with Gasteiger partial charge in [0.05, 0.1) is 0 Å². The quantitative estimate of drug-likeness (QED) is 0.737. The highest BCUT2D eigenvalue weighted by atomic mass is 32.2. The van der Waals surface area contributed by atoms with Crippen LogP contribution in [0.5, 0.6) is 0 Å². The van der Waals surface area contributed by atoms with Crippen LogP contribution in [0.3, 0.4) is 0 Å². The van der Waals surface area contributed by atoms with Gasteiger partial charge >= 0.3 is 0 Å². The molecule has 8 heteroatoms. The summed E-state index contributed by atoms with van der Waals surface area (Å²) in [6, 6.07) is 0. The summed E-state index contributed by atoms with van der Waals surface area (Å²) in [6.45, 7) is 4.32. The maximum absolute atomic E-state index is 12.9. The SMILES string of the molecule is CCn1c(SC)nnc1-c1nn(C)c2c1CN(C(=O)CC1CCCC1)CC2. The Kier molecular flexibility index (Phi) is 5.25. The lowest BCUT2D eigenvalue weighted by Crippen LogP contribution is -2.37. The summed E-state index contributed by atoms with van der Waals surface area (Å²) >= 11 is 1.59. The maximum atomic E-state index is 12.9. The first-order chi connectivity index (χ1) is 13.1. The smallest absolute Gasteiger partial charge is 0.223 e. The van der Waals surface area contributed by atoms with Crippen molar-refractivity contribution >= 4 is 17.7 Å².